The molecule has 3 nitrogen and oxygen atoms in total. The van der Waals surface area contributed by atoms with Gasteiger partial charge < -0.3 is 5.11 Å². The lowest BCUT2D eigenvalue weighted by molar-refractivity contribution is 0.0690. The van der Waals surface area contributed by atoms with Gasteiger partial charge in [-0.1, -0.05) is 21.6 Å². The third-order valence-electron chi connectivity index (χ3n) is 1.13. The highest BCUT2D eigenvalue weighted by Gasteiger charge is 2.04. The fraction of sp³-hybridized carbons (Fsp3) is 0.143. The number of rotatable bonds is 3. The minimum atomic E-state index is -0.987. The molecule has 64 valence electrons. The van der Waals surface area contributed by atoms with E-state index in [1.165, 1.54) is 17.0 Å². The Kier molecular flexibility index (Phi) is 3.43. The predicted molar refractivity (Wildman–Crippen MR) is 50.6 cm³/mol. The fourth-order valence-corrected chi connectivity index (χ4v) is 2.03. The zero-order chi connectivity index (χ0) is 8.97. The van der Waals surface area contributed by atoms with Crippen molar-refractivity contribution in [2.45, 2.75) is 4.90 Å². The summed E-state index contributed by atoms with van der Waals surface area (Å²) < 4.78 is 0. The van der Waals surface area contributed by atoms with Gasteiger partial charge in [-0.25, -0.2) is 9.78 Å². The Morgan fingerprint density at radius 1 is 1.67 bits per heavy atom. The predicted octanol–water partition coefficient (Wildman–Crippen LogP) is 2.15. The van der Waals surface area contributed by atoms with Crippen molar-refractivity contribution in [3.63, 3.8) is 0 Å². The molecule has 5 heteroatoms. The lowest BCUT2D eigenvalue weighted by Crippen LogP contribution is -1.98. The summed E-state index contributed by atoms with van der Waals surface area (Å²) in [7, 11) is 3.09. The first kappa shape index (κ1) is 9.41. The summed E-state index contributed by atoms with van der Waals surface area (Å²) in [5.74, 6) is -0.987. The van der Waals surface area contributed by atoms with E-state index in [1.807, 2.05) is 6.26 Å². The number of hydrogen-bond donors (Lipinski definition) is 1. The van der Waals surface area contributed by atoms with Crippen LogP contribution in [-0.4, -0.2) is 22.3 Å². The highest BCUT2D eigenvalue weighted by molar-refractivity contribution is 8.76. The van der Waals surface area contributed by atoms with Crippen LogP contribution in [-0.2, 0) is 0 Å². The smallest absolute Gasteiger partial charge is 0.354 e. The summed E-state index contributed by atoms with van der Waals surface area (Å²) in [6.07, 6.45) is 3.44. The molecule has 0 fully saturated rings. The van der Waals surface area contributed by atoms with Crippen molar-refractivity contribution >= 4 is 27.6 Å². The van der Waals surface area contributed by atoms with Crippen molar-refractivity contribution < 1.29 is 9.90 Å². The molecule has 1 N–H and O–H groups in total. The highest BCUT2D eigenvalue weighted by Crippen LogP contribution is 2.27. The highest BCUT2D eigenvalue weighted by atomic mass is 33.1. The first-order chi connectivity index (χ1) is 5.74. The van der Waals surface area contributed by atoms with Gasteiger partial charge in [-0.3, -0.25) is 0 Å². The summed E-state index contributed by atoms with van der Waals surface area (Å²) in [6, 6.07) is 3.34. The van der Waals surface area contributed by atoms with Crippen LogP contribution in [0.2, 0.25) is 0 Å². The molecule has 1 aromatic heterocycles. The molecular formula is C7H7NO2S2. The summed E-state index contributed by atoms with van der Waals surface area (Å²) in [4.78, 5) is 15.1. The maximum atomic E-state index is 10.5. The van der Waals surface area contributed by atoms with Gasteiger partial charge in [0.25, 0.3) is 0 Å². The molecule has 1 rings (SSSR count). The van der Waals surface area contributed by atoms with E-state index in [9.17, 15) is 4.79 Å². The van der Waals surface area contributed by atoms with Crippen LogP contribution >= 0.6 is 21.6 Å². The number of carboxylic acid groups (broad SMARTS) is 1. The molecule has 1 heterocycles. The Hall–Kier alpha value is -0.680. The number of carbonyl (C=O) groups is 1. The largest absolute Gasteiger partial charge is 0.477 e. The Morgan fingerprint density at radius 2 is 2.42 bits per heavy atom. The van der Waals surface area contributed by atoms with Crippen molar-refractivity contribution in [3.05, 3.63) is 24.0 Å². The molecule has 0 aliphatic heterocycles. The zero-order valence-electron chi connectivity index (χ0n) is 6.35. The van der Waals surface area contributed by atoms with E-state index >= 15 is 0 Å². The molecule has 0 atom stereocenters. The van der Waals surface area contributed by atoms with Gasteiger partial charge in [0.2, 0.25) is 0 Å². The van der Waals surface area contributed by atoms with Crippen molar-refractivity contribution in [3.8, 4) is 0 Å². The molecule has 0 aliphatic rings. The third-order valence-corrected chi connectivity index (χ3v) is 2.82. The first-order valence-corrected chi connectivity index (χ1v) is 5.70. The average molecular weight is 201 g/mol. The topological polar surface area (TPSA) is 50.2 Å². The molecule has 0 amide bonds. The molecule has 0 aliphatic carbocycles. The van der Waals surface area contributed by atoms with Crippen LogP contribution in [0.1, 0.15) is 10.5 Å². The van der Waals surface area contributed by atoms with Crippen LogP contribution in [0.25, 0.3) is 0 Å². The van der Waals surface area contributed by atoms with Crippen molar-refractivity contribution in [1.29, 1.82) is 0 Å². The fourth-order valence-electron chi connectivity index (χ4n) is 0.676. The lowest BCUT2D eigenvalue weighted by atomic mass is 10.4. The van der Waals surface area contributed by atoms with E-state index in [4.69, 9.17) is 5.11 Å². The molecule has 1 aromatic rings. The third kappa shape index (κ3) is 2.42. The standard InChI is InChI=1S/C7H7NO2S2/c1-11-12-5-2-3-8-6(4-5)7(9)10/h2-4H,1H3,(H,9,10). The normalized spacial score (nSPS) is 9.75. The number of hydrogen-bond acceptors (Lipinski definition) is 4. The van der Waals surface area contributed by atoms with Crippen LogP contribution in [0.4, 0.5) is 0 Å². The van der Waals surface area contributed by atoms with E-state index in [-0.39, 0.29) is 5.69 Å². The van der Waals surface area contributed by atoms with Gasteiger partial charge in [0.15, 0.2) is 0 Å². The number of carboxylic acids is 1. The van der Waals surface area contributed by atoms with Crippen molar-refractivity contribution in [1.82, 2.24) is 4.98 Å². The second kappa shape index (κ2) is 4.37. The van der Waals surface area contributed by atoms with E-state index < -0.39 is 5.97 Å². The van der Waals surface area contributed by atoms with Crippen LogP contribution in [0.5, 0.6) is 0 Å². The molecule has 0 aromatic carbocycles. The van der Waals surface area contributed by atoms with Gasteiger partial charge in [0.05, 0.1) is 0 Å². The van der Waals surface area contributed by atoms with Gasteiger partial charge in [-0.2, -0.15) is 0 Å². The van der Waals surface area contributed by atoms with Crippen molar-refractivity contribution in [2.24, 2.45) is 0 Å². The number of aromatic carboxylic acids is 1. The summed E-state index contributed by atoms with van der Waals surface area (Å²) in [5.41, 5.74) is 0.0917. The molecule has 0 bridgehead atoms. The summed E-state index contributed by atoms with van der Waals surface area (Å²) in [6.45, 7) is 0. The number of pyridine rings is 1. The Labute approximate surface area is 78.0 Å². The molecule has 12 heavy (non-hydrogen) atoms. The van der Waals surface area contributed by atoms with E-state index in [1.54, 1.807) is 22.9 Å². The van der Waals surface area contributed by atoms with Crippen LogP contribution in [0.3, 0.4) is 0 Å². The maximum Gasteiger partial charge on any atom is 0.354 e. The van der Waals surface area contributed by atoms with Gasteiger partial charge >= 0.3 is 5.97 Å². The van der Waals surface area contributed by atoms with Gasteiger partial charge in [-0.15, -0.1) is 0 Å². The SMILES string of the molecule is CSSc1ccnc(C(=O)O)c1. The lowest BCUT2D eigenvalue weighted by Gasteiger charge is -1.97. The Balaban J connectivity index is 2.88. The molecule has 0 radical (unpaired) electrons. The second-order valence-electron chi connectivity index (χ2n) is 1.93. The van der Waals surface area contributed by atoms with Crippen LogP contribution < -0.4 is 0 Å². The van der Waals surface area contributed by atoms with Gasteiger partial charge in [0.1, 0.15) is 5.69 Å². The molecule has 0 spiro atoms. The first-order valence-electron chi connectivity index (χ1n) is 3.14. The zero-order valence-corrected chi connectivity index (χ0v) is 7.98. The van der Waals surface area contributed by atoms with E-state index in [0.29, 0.717) is 0 Å². The molecule has 0 saturated carbocycles. The minimum absolute atomic E-state index is 0.0917. The second-order valence-corrected chi connectivity index (χ2v) is 4.40. The minimum Gasteiger partial charge on any atom is -0.477 e. The van der Waals surface area contributed by atoms with E-state index in [2.05, 4.69) is 4.98 Å². The summed E-state index contributed by atoms with van der Waals surface area (Å²) >= 11 is 0. The summed E-state index contributed by atoms with van der Waals surface area (Å²) in [5, 5.41) is 8.60. The van der Waals surface area contributed by atoms with Gasteiger partial charge in [-0.05, 0) is 18.4 Å². The molecule has 0 saturated heterocycles. The van der Waals surface area contributed by atoms with Gasteiger partial charge in [0, 0.05) is 11.1 Å². The average Bonchev–Trinajstić information content (AvgIpc) is 2.05. The van der Waals surface area contributed by atoms with Crippen LogP contribution in [0.15, 0.2) is 23.2 Å². The molecule has 0 unspecified atom stereocenters. The maximum absolute atomic E-state index is 10.5. The molecular weight excluding hydrogens is 194 g/mol. The quantitative estimate of drug-likeness (QED) is 0.759. The number of nitrogens with zero attached hydrogens (tertiary/aromatic N) is 1. The van der Waals surface area contributed by atoms with Crippen LogP contribution in [0, 0.1) is 0 Å². The Morgan fingerprint density at radius 3 is 3.00 bits per heavy atom. The monoisotopic (exact) mass is 201 g/mol. The number of aromatic nitrogens is 1. The Bertz CT molecular complexity index is 290. The van der Waals surface area contributed by atoms with Crippen molar-refractivity contribution in [2.75, 3.05) is 6.26 Å². The van der Waals surface area contributed by atoms with E-state index in [0.717, 1.165) is 4.90 Å².